The van der Waals surface area contributed by atoms with Crippen molar-refractivity contribution >= 4 is 10.9 Å². The molecule has 6 nitrogen and oxygen atoms in total. The number of nitrogens with one attached hydrogen (secondary N) is 2. The van der Waals surface area contributed by atoms with Gasteiger partial charge in [0.05, 0.1) is 17.1 Å². The summed E-state index contributed by atoms with van der Waals surface area (Å²) in [6.07, 6.45) is -0.419. The minimum atomic E-state index is -0.477. The molecule has 1 unspecified atom stereocenters. The van der Waals surface area contributed by atoms with Gasteiger partial charge in [-0.3, -0.25) is 4.79 Å². The molecule has 0 aliphatic heterocycles. The fourth-order valence-corrected chi connectivity index (χ4v) is 1.70. The molecule has 17 heavy (non-hydrogen) atoms. The van der Waals surface area contributed by atoms with Crippen molar-refractivity contribution in [1.82, 2.24) is 14.9 Å². The predicted molar refractivity (Wildman–Crippen MR) is 64.3 cm³/mol. The number of hydrogen-bond donors (Lipinski definition) is 3. The number of aromatic hydroxyl groups is 1. The number of H-pyrrole nitrogens is 1. The number of hydrogen-bond acceptors (Lipinski definition) is 4. The molecule has 1 atom stereocenters. The van der Waals surface area contributed by atoms with E-state index in [9.17, 15) is 14.7 Å². The number of aromatic amines is 1. The number of benzene rings is 1. The zero-order valence-corrected chi connectivity index (χ0v) is 9.52. The molecular formula is C11H13N3O3. The van der Waals surface area contributed by atoms with Crippen LogP contribution in [0.25, 0.3) is 10.9 Å². The van der Waals surface area contributed by atoms with Crippen LogP contribution in [0.5, 0.6) is 5.75 Å². The van der Waals surface area contributed by atoms with Crippen LogP contribution in [0.3, 0.4) is 0 Å². The van der Waals surface area contributed by atoms with Gasteiger partial charge in [-0.1, -0.05) is 0 Å². The maximum absolute atomic E-state index is 12.1. The van der Waals surface area contributed by atoms with E-state index in [0.29, 0.717) is 5.52 Å². The van der Waals surface area contributed by atoms with Crippen LogP contribution in [0.2, 0.25) is 0 Å². The Morgan fingerprint density at radius 3 is 2.76 bits per heavy atom. The fraction of sp³-hybridized carbons (Fsp3) is 0.273. The van der Waals surface area contributed by atoms with E-state index in [2.05, 4.69) is 10.3 Å². The second kappa shape index (κ2) is 4.06. The van der Waals surface area contributed by atoms with E-state index in [-0.39, 0.29) is 11.1 Å². The van der Waals surface area contributed by atoms with E-state index >= 15 is 0 Å². The van der Waals surface area contributed by atoms with Crippen molar-refractivity contribution in [3.05, 3.63) is 39.0 Å². The first-order valence-corrected chi connectivity index (χ1v) is 5.19. The summed E-state index contributed by atoms with van der Waals surface area (Å²) in [6, 6.07) is 4.26. The summed E-state index contributed by atoms with van der Waals surface area (Å²) in [7, 11) is 1.66. The molecule has 6 heteroatoms. The number of phenols is 1. The molecule has 0 bridgehead atoms. The number of aromatic nitrogens is 2. The molecule has 3 N–H and O–H groups in total. The molecule has 0 saturated carbocycles. The molecule has 2 aromatic rings. The van der Waals surface area contributed by atoms with Gasteiger partial charge in [0, 0.05) is 0 Å². The van der Waals surface area contributed by atoms with E-state index in [0.717, 1.165) is 4.57 Å². The fourth-order valence-electron chi connectivity index (χ4n) is 1.70. The SMILES string of the molecule is CNC(C)n1c(=O)[nH]c2ccc(O)cc2c1=O. The zero-order valence-electron chi connectivity index (χ0n) is 9.52. The Hall–Kier alpha value is -2.08. The second-order valence-corrected chi connectivity index (χ2v) is 3.80. The zero-order chi connectivity index (χ0) is 12.6. The van der Waals surface area contributed by atoms with Gasteiger partial charge < -0.3 is 15.4 Å². The van der Waals surface area contributed by atoms with E-state index < -0.39 is 17.4 Å². The maximum atomic E-state index is 12.1. The standard InChI is InChI=1S/C11H13N3O3/c1-6(12-2)14-10(16)8-5-7(15)3-4-9(8)13-11(14)17/h3-6,12,15H,1-2H3,(H,13,17). The van der Waals surface area contributed by atoms with Gasteiger partial charge in [-0.25, -0.2) is 9.36 Å². The Kier molecular flexibility index (Phi) is 2.72. The molecule has 0 fully saturated rings. The van der Waals surface area contributed by atoms with Crippen LogP contribution < -0.4 is 16.6 Å². The largest absolute Gasteiger partial charge is 0.508 e. The number of phenolic OH excluding ortho intramolecular Hbond substituents is 1. The van der Waals surface area contributed by atoms with E-state index in [1.54, 1.807) is 14.0 Å². The van der Waals surface area contributed by atoms with Gasteiger partial charge in [0.15, 0.2) is 0 Å². The van der Waals surface area contributed by atoms with Crippen molar-refractivity contribution in [2.45, 2.75) is 13.1 Å². The molecular weight excluding hydrogens is 222 g/mol. The summed E-state index contributed by atoms with van der Waals surface area (Å²) >= 11 is 0. The average molecular weight is 235 g/mol. The minimum absolute atomic E-state index is 0.00897. The van der Waals surface area contributed by atoms with Crippen molar-refractivity contribution in [2.75, 3.05) is 7.05 Å². The highest BCUT2D eigenvalue weighted by atomic mass is 16.3. The molecule has 2 rings (SSSR count). The smallest absolute Gasteiger partial charge is 0.330 e. The van der Waals surface area contributed by atoms with Gasteiger partial charge in [-0.05, 0) is 32.2 Å². The van der Waals surface area contributed by atoms with Gasteiger partial charge in [-0.2, -0.15) is 0 Å². The predicted octanol–water partition coefficient (Wildman–Crippen LogP) is 0.133. The van der Waals surface area contributed by atoms with Crippen LogP contribution in [-0.2, 0) is 0 Å². The van der Waals surface area contributed by atoms with Crippen molar-refractivity contribution in [1.29, 1.82) is 0 Å². The highest BCUT2D eigenvalue weighted by Gasteiger charge is 2.12. The van der Waals surface area contributed by atoms with Gasteiger partial charge in [0.25, 0.3) is 5.56 Å². The van der Waals surface area contributed by atoms with Crippen molar-refractivity contribution in [3.8, 4) is 5.75 Å². The van der Waals surface area contributed by atoms with Gasteiger partial charge in [0.1, 0.15) is 5.75 Å². The third-order valence-electron chi connectivity index (χ3n) is 2.72. The lowest BCUT2D eigenvalue weighted by molar-refractivity contribution is 0.446. The maximum Gasteiger partial charge on any atom is 0.330 e. The average Bonchev–Trinajstić information content (AvgIpc) is 2.30. The highest BCUT2D eigenvalue weighted by Crippen LogP contribution is 2.13. The van der Waals surface area contributed by atoms with Crippen molar-refractivity contribution in [3.63, 3.8) is 0 Å². The Morgan fingerprint density at radius 1 is 1.41 bits per heavy atom. The molecule has 1 heterocycles. The number of rotatable bonds is 2. The van der Waals surface area contributed by atoms with Crippen LogP contribution in [0.1, 0.15) is 13.1 Å². The van der Waals surface area contributed by atoms with Crippen molar-refractivity contribution < 1.29 is 5.11 Å². The lowest BCUT2D eigenvalue weighted by atomic mass is 10.2. The molecule has 90 valence electrons. The summed E-state index contributed by atoms with van der Waals surface area (Å²) in [5, 5.41) is 12.5. The van der Waals surface area contributed by atoms with E-state index in [1.165, 1.54) is 18.2 Å². The Morgan fingerprint density at radius 2 is 2.12 bits per heavy atom. The third kappa shape index (κ3) is 1.83. The minimum Gasteiger partial charge on any atom is -0.508 e. The number of nitrogens with zero attached hydrogens (tertiary/aromatic N) is 1. The Balaban J connectivity index is 2.88. The third-order valence-corrected chi connectivity index (χ3v) is 2.72. The molecule has 0 aliphatic rings. The van der Waals surface area contributed by atoms with Crippen LogP contribution in [0, 0.1) is 0 Å². The van der Waals surface area contributed by atoms with Crippen LogP contribution >= 0.6 is 0 Å². The van der Waals surface area contributed by atoms with Crippen LogP contribution in [0.4, 0.5) is 0 Å². The highest BCUT2D eigenvalue weighted by molar-refractivity contribution is 5.78. The van der Waals surface area contributed by atoms with Crippen LogP contribution in [0.15, 0.2) is 27.8 Å². The molecule has 0 spiro atoms. The monoisotopic (exact) mass is 235 g/mol. The van der Waals surface area contributed by atoms with Gasteiger partial charge >= 0.3 is 5.69 Å². The van der Waals surface area contributed by atoms with Crippen molar-refractivity contribution in [2.24, 2.45) is 0 Å². The molecule has 0 saturated heterocycles. The topological polar surface area (TPSA) is 87.1 Å². The summed E-state index contributed by atoms with van der Waals surface area (Å²) < 4.78 is 1.07. The summed E-state index contributed by atoms with van der Waals surface area (Å²) in [5.74, 6) is -0.00897. The summed E-state index contributed by atoms with van der Waals surface area (Å²) in [6.45, 7) is 1.70. The van der Waals surface area contributed by atoms with Crippen LogP contribution in [-0.4, -0.2) is 21.7 Å². The molecule has 0 aliphatic carbocycles. The summed E-state index contributed by atoms with van der Waals surface area (Å²) in [4.78, 5) is 26.4. The first-order valence-electron chi connectivity index (χ1n) is 5.19. The van der Waals surface area contributed by atoms with E-state index in [1.807, 2.05) is 0 Å². The number of fused-ring (bicyclic) bond motifs is 1. The molecule has 0 amide bonds. The van der Waals surface area contributed by atoms with Gasteiger partial charge in [-0.15, -0.1) is 0 Å². The molecule has 1 aromatic carbocycles. The summed E-state index contributed by atoms with van der Waals surface area (Å²) in [5.41, 5.74) is -0.492. The normalized spacial score (nSPS) is 12.8. The lowest BCUT2D eigenvalue weighted by Gasteiger charge is -2.13. The molecule has 0 radical (unpaired) electrons. The first-order chi connectivity index (χ1) is 8.04. The Bertz CT molecular complexity index is 672. The lowest BCUT2D eigenvalue weighted by Crippen LogP contribution is -2.41. The Labute approximate surface area is 96.5 Å². The van der Waals surface area contributed by atoms with Gasteiger partial charge in [0.2, 0.25) is 0 Å². The quantitative estimate of drug-likeness (QED) is 0.690. The molecule has 1 aromatic heterocycles. The first kappa shape index (κ1) is 11.4. The second-order valence-electron chi connectivity index (χ2n) is 3.80. The van der Waals surface area contributed by atoms with E-state index in [4.69, 9.17) is 0 Å².